The van der Waals surface area contributed by atoms with E-state index in [1.165, 1.54) is 0 Å². The van der Waals surface area contributed by atoms with Gasteiger partial charge in [-0.1, -0.05) is 0 Å². The van der Waals surface area contributed by atoms with Crippen LogP contribution in [0.2, 0.25) is 0 Å². The van der Waals surface area contributed by atoms with Crippen molar-refractivity contribution in [3.05, 3.63) is 42.7 Å². The van der Waals surface area contributed by atoms with Gasteiger partial charge in [0, 0.05) is 31.0 Å². The summed E-state index contributed by atoms with van der Waals surface area (Å²) in [5, 5.41) is -0.479. The van der Waals surface area contributed by atoms with Gasteiger partial charge >= 0.3 is 0 Å². The van der Waals surface area contributed by atoms with Gasteiger partial charge in [-0.25, -0.2) is 4.98 Å². The first-order chi connectivity index (χ1) is 11.6. The van der Waals surface area contributed by atoms with Gasteiger partial charge in [0.05, 0.1) is 11.5 Å². The highest BCUT2D eigenvalue weighted by atomic mass is 35.5. The molecule has 1 amide bonds. The van der Waals surface area contributed by atoms with Crippen LogP contribution in [-0.4, -0.2) is 27.7 Å². The Balaban J connectivity index is 1.69. The van der Waals surface area contributed by atoms with Crippen molar-refractivity contribution in [2.24, 2.45) is 5.92 Å². The molecule has 0 spiro atoms. The van der Waals surface area contributed by atoms with E-state index in [-0.39, 0.29) is 12.3 Å². The third-order valence-corrected chi connectivity index (χ3v) is 4.35. The number of rotatable bonds is 3. The Morgan fingerprint density at radius 3 is 2.92 bits per heavy atom. The molecular weight excluding hydrogens is 330 g/mol. The predicted molar refractivity (Wildman–Crippen MR) is 88.6 cm³/mol. The molecule has 3 aromatic rings. The van der Waals surface area contributed by atoms with E-state index < -0.39 is 11.2 Å². The molecule has 3 heterocycles. The molecule has 0 aliphatic carbocycles. The lowest BCUT2D eigenvalue weighted by Gasteiger charge is -2.15. The summed E-state index contributed by atoms with van der Waals surface area (Å²) in [6.45, 7) is 0.292. The van der Waals surface area contributed by atoms with Crippen molar-refractivity contribution in [1.29, 1.82) is 0 Å². The van der Waals surface area contributed by atoms with Crippen molar-refractivity contribution in [2.75, 3.05) is 11.4 Å². The summed E-state index contributed by atoms with van der Waals surface area (Å²) in [5.41, 5.74) is 2.72. The second kappa shape index (κ2) is 5.72. The van der Waals surface area contributed by atoms with E-state index in [4.69, 9.17) is 16.0 Å². The fourth-order valence-corrected chi connectivity index (χ4v) is 2.95. The summed E-state index contributed by atoms with van der Waals surface area (Å²) in [4.78, 5) is 33.5. The van der Waals surface area contributed by atoms with Crippen molar-refractivity contribution in [3.8, 4) is 11.5 Å². The Morgan fingerprint density at radius 2 is 2.21 bits per heavy atom. The number of oxazole rings is 1. The highest BCUT2D eigenvalue weighted by molar-refractivity contribution is 6.64. The van der Waals surface area contributed by atoms with Gasteiger partial charge in [-0.05, 0) is 41.9 Å². The van der Waals surface area contributed by atoms with Crippen LogP contribution in [0.25, 0.3) is 22.6 Å². The Hall–Kier alpha value is -2.73. The summed E-state index contributed by atoms with van der Waals surface area (Å²) >= 11 is 5.52. The molecule has 0 bridgehead atoms. The van der Waals surface area contributed by atoms with Crippen molar-refractivity contribution < 1.29 is 14.0 Å². The van der Waals surface area contributed by atoms with Crippen LogP contribution in [0.1, 0.15) is 6.42 Å². The zero-order chi connectivity index (χ0) is 16.7. The third kappa shape index (κ3) is 2.55. The van der Waals surface area contributed by atoms with Crippen LogP contribution in [0.15, 0.2) is 47.1 Å². The Bertz CT molecular complexity index is 939. The van der Waals surface area contributed by atoms with Gasteiger partial charge < -0.3 is 9.32 Å². The molecule has 1 saturated heterocycles. The molecule has 4 rings (SSSR count). The number of nitrogens with zero attached hydrogens (tertiary/aromatic N) is 3. The molecule has 0 N–H and O–H groups in total. The average Bonchev–Trinajstić information content (AvgIpc) is 3.18. The van der Waals surface area contributed by atoms with Gasteiger partial charge in [0.2, 0.25) is 17.0 Å². The number of hydrogen-bond acceptors (Lipinski definition) is 5. The molecular formula is C17H12ClN3O3. The molecule has 1 aliphatic heterocycles. The molecule has 0 radical (unpaired) electrons. The van der Waals surface area contributed by atoms with Crippen molar-refractivity contribution >= 4 is 39.5 Å². The molecule has 0 saturated carbocycles. The zero-order valence-electron chi connectivity index (χ0n) is 12.5. The largest absolute Gasteiger partial charge is 0.436 e. The maximum Gasteiger partial charge on any atom is 0.228 e. The van der Waals surface area contributed by atoms with E-state index in [9.17, 15) is 9.59 Å². The number of amides is 1. The first kappa shape index (κ1) is 14.8. The molecule has 120 valence electrons. The Kier molecular flexibility index (Phi) is 3.54. The number of aromatic nitrogens is 2. The summed E-state index contributed by atoms with van der Waals surface area (Å²) < 4.78 is 5.73. The van der Waals surface area contributed by atoms with E-state index >= 15 is 0 Å². The van der Waals surface area contributed by atoms with Crippen molar-refractivity contribution in [1.82, 2.24) is 9.97 Å². The molecule has 1 atom stereocenters. The van der Waals surface area contributed by atoms with Crippen molar-refractivity contribution in [2.45, 2.75) is 6.42 Å². The Labute approximate surface area is 142 Å². The van der Waals surface area contributed by atoms with Gasteiger partial charge in [-0.3, -0.25) is 14.6 Å². The molecule has 1 aromatic carbocycles. The number of benzene rings is 1. The quantitative estimate of drug-likeness (QED) is 0.684. The minimum atomic E-state index is -0.479. The molecule has 24 heavy (non-hydrogen) atoms. The molecule has 1 aliphatic rings. The molecule has 2 aromatic heterocycles. The first-order valence-corrected chi connectivity index (χ1v) is 7.80. The maximum atomic E-state index is 12.1. The highest BCUT2D eigenvalue weighted by Gasteiger charge is 2.34. The zero-order valence-corrected chi connectivity index (χ0v) is 13.2. The lowest BCUT2D eigenvalue weighted by molar-refractivity contribution is -0.120. The van der Waals surface area contributed by atoms with E-state index in [1.807, 2.05) is 12.1 Å². The van der Waals surface area contributed by atoms with Crippen LogP contribution < -0.4 is 4.90 Å². The third-order valence-electron chi connectivity index (χ3n) is 4.04. The minimum Gasteiger partial charge on any atom is -0.436 e. The number of pyridine rings is 1. The summed E-state index contributed by atoms with van der Waals surface area (Å²) in [5.74, 6) is -0.112. The lowest BCUT2D eigenvalue weighted by Crippen LogP contribution is -2.25. The monoisotopic (exact) mass is 341 g/mol. The fraction of sp³-hybridized carbons (Fsp3) is 0.176. The molecule has 1 fully saturated rings. The second-order valence-electron chi connectivity index (χ2n) is 5.62. The SMILES string of the molecule is O=C(Cl)C1CC(=O)N(c2ccc3oc(-c4cccnc4)nc3c2)C1. The summed E-state index contributed by atoms with van der Waals surface area (Å²) in [6, 6.07) is 8.99. The van der Waals surface area contributed by atoms with Gasteiger partial charge in [-0.2, -0.15) is 0 Å². The fourth-order valence-electron chi connectivity index (χ4n) is 2.81. The molecule has 7 heteroatoms. The predicted octanol–water partition coefficient (Wildman–Crippen LogP) is 3.01. The smallest absolute Gasteiger partial charge is 0.228 e. The van der Waals surface area contributed by atoms with E-state index in [0.717, 1.165) is 5.56 Å². The average molecular weight is 342 g/mol. The number of anilines is 1. The number of carbonyl (C=O) groups excluding carboxylic acids is 2. The summed E-state index contributed by atoms with van der Waals surface area (Å²) in [6.07, 6.45) is 3.49. The van der Waals surface area contributed by atoms with Gasteiger partial charge in [0.15, 0.2) is 5.58 Å². The van der Waals surface area contributed by atoms with Crippen LogP contribution in [-0.2, 0) is 9.59 Å². The van der Waals surface area contributed by atoms with Gasteiger partial charge in [-0.15, -0.1) is 0 Å². The number of hydrogen-bond donors (Lipinski definition) is 0. The van der Waals surface area contributed by atoms with E-state index in [1.54, 1.807) is 35.5 Å². The Morgan fingerprint density at radius 1 is 1.33 bits per heavy atom. The van der Waals surface area contributed by atoms with Gasteiger partial charge in [0.1, 0.15) is 5.52 Å². The van der Waals surface area contributed by atoms with Crippen molar-refractivity contribution in [3.63, 3.8) is 0 Å². The van der Waals surface area contributed by atoms with E-state index in [2.05, 4.69) is 9.97 Å². The van der Waals surface area contributed by atoms with Crippen LogP contribution >= 0.6 is 11.6 Å². The van der Waals surface area contributed by atoms with E-state index in [0.29, 0.717) is 29.2 Å². The highest BCUT2D eigenvalue weighted by Crippen LogP contribution is 2.30. The minimum absolute atomic E-state index is 0.121. The normalized spacial score (nSPS) is 17.6. The molecule has 6 nitrogen and oxygen atoms in total. The van der Waals surface area contributed by atoms with Crippen LogP contribution in [0.5, 0.6) is 0 Å². The maximum absolute atomic E-state index is 12.1. The molecule has 1 unspecified atom stereocenters. The number of halogens is 1. The van der Waals surface area contributed by atoms with Crippen LogP contribution in [0, 0.1) is 5.92 Å². The summed E-state index contributed by atoms with van der Waals surface area (Å²) in [7, 11) is 0. The standard InChI is InChI=1S/C17H12ClN3O3/c18-16(23)11-6-15(22)21(9-11)12-3-4-14-13(7-12)20-17(24-14)10-2-1-5-19-8-10/h1-5,7-8,11H,6,9H2. The number of carbonyl (C=O) groups is 2. The lowest BCUT2D eigenvalue weighted by atomic mass is 10.1. The first-order valence-electron chi connectivity index (χ1n) is 7.42. The van der Waals surface area contributed by atoms with Crippen LogP contribution in [0.3, 0.4) is 0 Å². The van der Waals surface area contributed by atoms with Gasteiger partial charge in [0.25, 0.3) is 0 Å². The topological polar surface area (TPSA) is 76.3 Å². The van der Waals surface area contributed by atoms with Crippen LogP contribution in [0.4, 0.5) is 5.69 Å². The second-order valence-corrected chi connectivity index (χ2v) is 5.99. The number of fused-ring (bicyclic) bond motifs is 1.